The van der Waals surface area contributed by atoms with Crippen LogP contribution in [0.1, 0.15) is 30.7 Å². The molecule has 4 rings (SSSR count). The van der Waals surface area contributed by atoms with Crippen LogP contribution < -0.4 is 10.1 Å². The van der Waals surface area contributed by atoms with Crippen molar-refractivity contribution in [2.24, 2.45) is 4.99 Å². The molecule has 0 amide bonds. The fourth-order valence-electron chi connectivity index (χ4n) is 3.13. The summed E-state index contributed by atoms with van der Waals surface area (Å²) in [7, 11) is 0. The van der Waals surface area contributed by atoms with E-state index in [1.165, 1.54) is 0 Å². The number of phenols is 1. The van der Waals surface area contributed by atoms with Crippen LogP contribution in [0.15, 0.2) is 70.3 Å². The van der Waals surface area contributed by atoms with E-state index in [0.717, 1.165) is 28.4 Å². The number of aliphatic imine (C=N–C) groups is 1. The Labute approximate surface area is 152 Å². The third-order valence-corrected chi connectivity index (χ3v) is 4.38. The molecule has 5 heteroatoms. The Kier molecular flexibility index (Phi) is 4.35. The Morgan fingerprint density at radius 1 is 1.19 bits per heavy atom. The van der Waals surface area contributed by atoms with E-state index in [4.69, 9.17) is 14.1 Å². The van der Waals surface area contributed by atoms with Gasteiger partial charge in [0.2, 0.25) is 0 Å². The average molecular weight is 348 g/mol. The number of furan rings is 1. The molecule has 1 aromatic heterocycles. The monoisotopic (exact) mass is 348 g/mol. The summed E-state index contributed by atoms with van der Waals surface area (Å²) in [4.78, 5) is 4.81. The minimum atomic E-state index is -0.0256. The van der Waals surface area contributed by atoms with Crippen molar-refractivity contribution >= 4 is 17.1 Å². The summed E-state index contributed by atoms with van der Waals surface area (Å²) in [5.41, 5.74) is 3.74. The number of fused-ring (bicyclic) bond motifs is 1. The number of benzene rings is 2. The lowest BCUT2D eigenvalue weighted by atomic mass is 9.99. The van der Waals surface area contributed by atoms with Crippen LogP contribution in [0.25, 0.3) is 0 Å². The first-order valence-corrected chi connectivity index (χ1v) is 8.67. The van der Waals surface area contributed by atoms with Gasteiger partial charge in [0.1, 0.15) is 5.76 Å². The number of aromatic hydroxyl groups is 1. The van der Waals surface area contributed by atoms with Gasteiger partial charge in [-0.25, -0.2) is 4.99 Å². The van der Waals surface area contributed by atoms with Gasteiger partial charge in [-0.3, -0.25) is 0 Å². The van der Waals surface area contributed by atoms with E-state index in [0.29, 0.717) is 18.8 Å². The molecule has 0 bridgehead atoms. The molecule has 1 aliphatic heterocycles. The Balaban J connectivity index is 1.76. The van der Waals surface area contributed by atoms with Crippen LogP contribution in [-0.4, -0.2) is 17.4 Å². The van der Waals surface area contributed by atoms with Crippen LogP contribution in [0.2, 0.25) is 0 Å². The van der Waals surface area contributed by atoms with Gasteiger partial charge in [-0.05, 0) is 48.9 Å². The molecule has 2 N–H and O–H groups in total. The Morgan fingerprint density at radius 2 is 2.08 bits per heavy atom. The first-order chi connectivity index (χ1) is 12.7. The van der Waals surface area contributed by atoms with Gasteiger partial charge < -0.3 is 19.6 Å². The van der Waals surface area contributed by atoms with E-state index in [9.17, 15) is 5.11 Å². The Hall–Kier alpha value is -3.21. The molecule has 1 aliphatic rings. The average Bonchev–Trinajstić information content (AvgIpc) is 3.11. The largest absolute Gasteiger partial charge is 0.504 e. The van der Waals surface area contributed by atoms with Crippen LogP contribution in [0.5, 0.6) is 11.5 Å². The lowest BCUT2D eigenvalue weighted by Crippen LogP contribution is -2.14. The van der Waals surface area contributed by atoms with Gasteiger partial charge in [0, 0.05) is 6.42 Å². The highest BCUT2D eigenvalue weighted by Gasteiger charge is 2.23. The zero-order chi connectivity index (χ0) is 17.9. The molecule has 2 heterocycles. The van der Waals surface area contributed by atoms with Crippen molar-refractivity contribution < 1.29 is 14.3 Å². The quantitative estimate of drug-likeness (QED) is 0.691. The number of anilines is 1. The van der Waals surface area contributed by atoms with Crippen molar-refractivity contribution in [2.75, 3.05) is 11.9 Å². The normalized spacial score (nSPS) is 16.2. The molecule has 132 valence electrons. The maximum absolute atomic E-state index is 10.00. The molecule has 3 aromatic rings. The summed E-state index contributed by atoms with van der Waals surface area (Å²) in [6.45, 7) is 2.39. The zero-order valence-corrected chi connectivity index (χ0v) is 14.5. The molecule has 1 unspecified atom stereocenters. The van der Waals surface area contributed by atoms with Crippen LogP contribution in [-0.2, 0) is 0 Å². The number of hydrogen-bond acceptors (Lipinski definition) is 5. The molecule has 0 radical (unpaired) electrons. The zero-order valence-electron chi connectivity index (χ0n) is 14.5. The topological polar surface area (TPSA) is 67.0 Å². The molecule has 0 spiro atoms. The number of nitrogens with one attached hydrogen (secondary N) is 1. The lowest BCUT2D eigenvalue weighted by Gasteiger charge is -2.20. The van der Waals surface area contributed by atoms with Gasteiger partial charge in [0.05, 0.1) is 36.0 Å². The van der Waals surface area contributed by atoms with E-state index >= 15 is 0 Å². The summed E-state index contributed by atoms with van der Waals surface area (Å²) in [6.07, 6.45) is 2.31. The van der Waals surface area contributed by atoms with Gasteiger partial charge in [0.25, 0.3) is 0 Å². The molecule has 2 aromatic carbocycles. The maximum Gasteiger partial charge on any atom is 0.161 e. The van der Waals surface area contributed by atoms with E-state index in [2.05, 4.69) is 5.32 Å². The summed E-state index contributed by atoms with van der Waals surface area (Å²) >= 11 is 0. The van der Waals surface area contributed by atoms with Crippen molar-refractivity contribution in [1.82, 2.24) is 0 Å². The Morgan fingerprint density at radius 3 is 2.88 bits per heavy atom. The molecule has 0 saturated heterocycles. The first-order valence-electron chi connectivity index (χ1n) is 8.67. The summed E-state index contributed by atoms with van der Waals surface area (Å²) in [6, 6.07) is 17.2. The molecule has 0 saturated carbocycles. The number of para-hydroxylation sites is 2. The van der Waals surface area contributed by atoms with Crippen molar-refractivity contribution in [2.45, 2.75) is 19.4 Å². The lowest BCUT2D eigenvalue weighted by molar-refractivity contribution is 0.317. The predicted molar refractivity (Wildman–Crippen MR) is 102 cm³/mol. The fourth-order valence-corrected chi connectivity index (χ4v) is 3.13. The van der Waals surface area contributed by atoms with Crippen LogP contribution in [0, 0.1) is 0 Å². The molecule has 5 nitrogen and oxygen atoms in total. The van der Waals surface area contributed by atoms with E-state index in [-0.39, 0.29) is 11.8 Å². The molecular weight excluding hydrogens is 328 g/mol. The van der Waals surface area contributed by atoms with Crippen LogP contribution in [0.4, 0.5) is 11.4 Å². The summed E-state index contributed by atoms with van der Waals surface area (Å²) in [5, 5.41) is 13.6. The second-order valence-corrected chi connectivity index (χ2v) is 6.11. The number of ether oxygens (including phenoxy) is 1. The summed E-state index contributed by atoms with van der Waals surface area (Å²) in [5.74, 6) is 1.39. The molecule has 1 atom stereocenters. The van der Waals surface area contributed by atoms with Gasteiger partial charge >= 0.3 is 0 Å². The second-order valence-electron chi connectivity index (χ2n) is 6.11. The van der Waals surface area contributed by atoms with Crippen LogP contribution in [0.3, 0.4) is 0 Å². The van der Waals surface area contributed by atoms with E-state index in [1.807, 2.05) is 55.5 Å². The number of hydrogen-bond donors (Lipinski definition) is 2. The van der Waals surface area contributed by atoms with Crippen molar-refractivity contribution in [3.05, 3.63) is 72.2 Å². The standard InChI is InChI=1S/C21H20N2O3/c1-2-25-21-12-14(9-10-19(21)24)17-13-18(20-8-5-11-26-20)23-16-7-4-3-6-15(16)22-17/h3-12,17,22,24H,2,13H2,1H3. The van der Waals surface area contributed by atoms with Gasteiger partial charge in [-0.2, -0.15) is 0 Å². The number of phenolic OH excluding ortho intramolecular Hbond substituents is 1. The van der Waals surface area contributed by atoms with Crippen molar-refractivity contribution in [3.63, 3.8) is 0 Å². The SMILES string of the molecule is CCOc1cc(C2CC(c3ccco3)=Nc3ccccc3N2)ccc1O. The Bertz CT molecular complexity index is 932. The van der Waals surface area contributed by atoms with Crippen molar-refractivity contribution in [1.29, 1.82) is 0 Å². The minimum absolute atomic E-state index is 0.0256. The molecular formula is C21H20N2O3. The minimum Gasteiger partial charge on any atom is -0.504 e. The number of nitrogens with zero attached hydrogens (tertiary/aromatic N) is 1. The van der Waals surface area contributed by atoms with E-state index < -0.39 is 0 Å². The first kappa shape index (κ1) is 16.3. The smallest absolute Gasteiger partial charge is 0.161 e. The third-order valence-electron chi connectivity index (χ3n) is 4.38. The maximum atomic E-state index is 10.00. The molecule has 26 heavy (non-hydrogen) atoms. The second kappa shape index (κ2) is 6.96. The fraction of sp³-hybridized carbons (Fsp3) is 0.190. The van der Waals surface area contributed by atoms with E-state index in [1.54, 1.807) is 12.3 Å². The molecule has 0 aliphatic carbocycles. The van der Waals surface area contributed by atoms with Gasteiger partial charge in [-0.15, -0.1) is 0 Å². The third kappa shape index (κ3) is 3.16. The molecule has 0 fully saturated rings. The van der Waals surface area contributed by atoms with Gasteiger partial charge in [0.15, 0.2) is 11.5 Å². The van der Waals surface area contributed by atoms with Gasteiger partial charge in [-0.1, -0.05) is 18.2 Å². The summed E-state index contributed by atoms with van der Waals surface area (Å²) < 4.78 is 11.1. The highest BCUT2D eigenvalue weighted by Crippen LogP contribution is 2.37. The van der Waals surface area contributed by atoms with Crippen molar-refractivity contribution in [3.8, 4) is 11.5 Å². The predicted octanol–water partition coefficient (Wildman–Crippen LogP) is 5.06. The highest BCUT2D eigenvalue weighted by atomic mass is 16.5. The number of rotatable bonds is 4. The van der Waals surface area contributed by atoms with Crippen LogP contribution >= 0.6 is 0 Å². The highest BCUT2D eigenvalue weighted by molar-refractivity contribution is 6.02.